The maximum absolute atomic E-state index is 12.0. The zero-order chi connectivity index (χ0) is 20.6. The number of amides is 1. The Kier molecular flexibility index (Phi) is 7.92. The number of hydrogen-bond donors (Lipinski definition) is 2. The first-order chi connectivity index (χ1) is 14.0. The molecular formula is C23H37N5O. The summed E-state index contributed by atoms with van der Waals surface area (Å²) in [7, 11) is 1.85. The predicted octanol–water partition coefficient (Wildman–Crippen LogP) is 2.21. The van der Waals surface area contributed by atoms with Gasteiger partial charge < -0.3 is 15.5 Å². The quantitative estimate of drug-likeness (QED) is 0.400. The fourth-order valence-electron chi connectivity index (χ4n) is 3.72. The molecule has 0 radical (unpaired) electrons. The summed E-state index contributed by atoms with van der Waals surface area (Å²) >= 11 is 0. The summed E-state index contributed by atoms with van der Waals surface area (Å²) in [5, 5.41) is 6.58. The highest BCUT2D eigenvalue weighted by Crippen LogP contribution is 2.18. The molecule has 0 atom stereocenters. The third-order valence-corrected chi connectivity index (χ3v) is 5.77. The molecule has 1 amide bonds. The first-order valence-electron chi connectivity index (χ1n) is 11.1. The smallest absolute Gasteiger partial charge is 0.234 e. The van der Waals surface area contributed by atoms with E-state index in [9.17, 15) is 4.79 Å². The Morgan fingerprint density at radius 3 is 2.41 bits per heavy atom. The van der Waals surface area contributed by atoms with Crippen molar-refractivity contribution in [1.82, 2.24) is 20.4 Å². The van der Waals surface area contributed by atoms with Gasteiger partial charge in [0.25, 0.3) is 0 Å². The summed E-state index contributed by atoms with van der Waals surface area (Å²) in [4.78, 5) is 21.0. The molecule has 2 fully saturated rings. The number of nitrogens with zero attached hydrogens (tertiary/aromatic N) is 3. The van der Waals surface area contributed by atoms with Crippen molar-refractivity contribution in [3.8, 4) is 0 Å². The number of guanidine groups is 1. The summed E-state index contributed by atoms with van der Waals surface area (Å²) in [6, 6.07) is 9.44. The maximum Gasteiger partial charge on any atom is 0.234 e. The standard InChI is InChI=1S/C23H37N5O/c1-18(2)20-8-6-19(7-9-20)5-4-12-25-23(24-3)28-15-13-27(14-16-28)17-22(29)26-21-10-11-21/h6-9,18,21H,4-5,10-17H2,1-3H3,(H,24,25)(H,26,29). The Morgan fingerprint density at radius 1 is 1.14 bits per heavy atom. The lowest BCUT2D eigenvalue weighted by Crippen LogP contribution is -2.54. The van der Waals surface area contributed by atoms with E-state index in [1.165, 1.54) is 11.1 Å². The van der Waals surface area contributed by atoms with Gasteiger partial charge in [0.2, 0.25) is 5.91 Å². The fraction of sp³-hybridized carbons (Fsp3) is 0.652. The van der Waals surface area contributed by atoms with E-state index in [4.69, 9.17) is 0 Å². The monoisotopic (exact) mass is 399 g/mol. The van der Waals surface area contributed by atoms with Crippen LogP contribution in [-0.2, 0) is 11.2 Å². The Balaban J connectivity index is 1.33. The van der Waals surface area contributed by atoms with E-state index in [0.29, 0.717) is 18.5 Å². The van der Waals surface area contributed by atoms with Gasteiger partial charge in [-0.15, -0.1) is 0 Å². The van der Waals surface area contributed by atoms with Crippen molar-refractivity contribution >= 4 is 11.9 Å². The molecule has 2 aliphatic rings. The van der Waals surface area contributed by atoms with Crippen LogP contribution in [0.4, 0.5) is 0 Å². The van der Waals surface area contributed by atoms with Gasteiger partial charge >= 0.3 is 0 Å². The Bertz CT molecular complexity index is 673. The number of rotatable bonds is 8. The van der Waals surface area contributed by atoms with Gasteiger partial charge in [0.05, 0.1) is 6.54 Å². The van der Waals surface area contributed by atoms with Crippen LogP contribution in [0.2, 0.25) is 0 Å². The molecule has 1 saturated heterocycles. The summed E-state index contributed by atoms with van der Waals surface area (Å²) < 4.78 is 0. The highest BCUT2D eigenvalue weighted by molar-refractivity contribution is 5.80. The molecule has 0 aromatic heterocycles. The molecule has 2 N–H and O–H groups in total. The molecule has 1 aliphatic carbocycles. The normalized spacial score (nSPS) is 18.2. The van der Waals surface area contributed by atoms with Crippen LogP contribution in [0.3, 0.4) is 0 Å². The number of aliphatic imine (C=N–C) groups is 1. The van der Waals surface area contributed by atoms with E-state index < -0.39 is 0 Å². The van der Waals surface area contributed by atoms with Crippen LogP contribution in [0.5, 0.6) is 0 Å². The molecule has 1 heterocycles. The molecular weight excluding hydrogens is 362 g/mol. The lowest BCUT2D eigenvalue weighted by molar-refractivity contribution is -0.122. The first kappa shape index (κ1) is 21.6. The van der Waals surface area contributed by atoms with E-state index in [1.807, 2.05) is 7.05 Å². The highest BCUT2D eigenvalue weighted by Gasteiger charge is 2.25. The summed E-state index contributed by atoms with van der Waals surface area (Å²) in [5.41, 5.74) is 2.79. The zero-order valence-electron chi connectivity index (χ0n) is 18.3. The summed E-state index contributed by atoms with van der Waals surface area (Å²) in [6.45, 7) is 9.53. The van der Waals surface area contributed by atoms with Crippen molar-refractivity contribution in [3.63, 3.8) is 0 Å². The number of aryl methyl sites for hydroxylation is 1. The first-order valence-corrected chi connectivity index (χ1v) is 11.1. The van der Waals surface area contributed by atoms with E-state index in [1.54, 1.807) is 0 Å². The average Bonchev–Trinajstić information content (AvgIpc) is 3.53. The van der Waals surface area contributed by atoms with Crippen molar-refractivity contribution in [1.29, 1.82) is 0 Å². The van der Waals surface area contributed by atoms with Crippen LogP contribution >= 0.6 is 0 Å². The van der Waals surface area contributed by atoms with Crippen molar-refractivity contribution in [2.45, 2.75) is 51.5 Å². The second-order valence-electron chi connectivity index (χ2n) is 8.58. The Hall–Kier alpha value is -2.08. The topological polar surface area (TPSA) is 60.0 Å². The lowest BCUT2D eigenvalue weighted by atomic mass is 10.0. The molecule has 6 heteroatoms. The van der Waals surface area contributed by atoms with Crippen molar-refractivity contribution in [2.75, 3.05) is 46.3 Å². The fourth-order valence-corrected chi connectivity index (χ4v) is 3.72. The molecule has 0 bridgehead atoms. The van der Waals surface area contributed by atoms with Crippen molar-refractivity contribution in [3.05, 3.63) is 35.4 Å². The van der Waals surface area contributed by atoms with Crippen LogP contribution in [0.15, 0.2) is 29.3 Å². The largest absolute Gasteiger partial charge is 0.356 e. The van der Waals surface area contributed by atoms with Crippen LogP contribution in [0.1, 0.15) is 50.2 Å². The minimum absolute atomic E-state index is 0.171. The molecule has 0 unspecified atom stereocenters. The van der Waals surface area contributed by atoms with E-state index in [-0.39, 0.29) is 5.91 Å². The van der Waals surface area contributed by atoms with Gasteiger partial charge in [0.1, 0.15) is 0 Å². The van der Waals surface area contributed by atoms with Gasteiger partial charge in [-0.05, 0) is 42.7 Å². The zero-order valence-corrected chi connectivity index (χ0v) is 18.3. The van der Waals surface area contributed by atoms with Gasteiger partial charge in [-0.3, -0.25) is 14.7 Å². The van der Waals surface area contributed by atoms with E-state index in [2.05, 4.69) is 63.5 Å². The Morgan fingerprint density at radius 2 is 1.83 bits per heavy atom. The second-order valence-corrected chi connectivity index (χ2v) is 8.58. The van der Waals surface area contributed by atoms with Gasteiger partial charge in [-0.1, -0.05) is 38.1 Å². The molecule has 1 aromatic carbocycles. The minimum Gasteiger partial charge on any atom is -0.356 e. The van der Waals surface area contributed by atoms with Crippen molar-refractivity contribution in [2.24, 2.45) is 4.99 Å². The summed E-state index contributed by atoms with van der Waals surface area (Å²) in [5.74, 6) is 1.73. The third kappa shape index (κ3) is 7.03. The molecule has 160 valence electrons. The van der Waals surface area contributed by atoms with E-state index >= 15 is 0 Å². The van der Waals surface area contributed by atoms with Crippen LogP contribution in [-0.4, -0.2) is 74.0 Å². The van der Waals surface area contributed by atoms with Gasteiger partial charge in [0, 0.05) is 45.8 Å². The third-order valence-electron chi connectivity index (χ3n) is 5.77. The number of carbonyl (C=O) groups is 1. The number of benzene rings is 1. The second kappa shape index (κ2) is 10.6. The predicted molar refractivity (Wildman–Crippen MR) is 119 cm³/mol. The lowest BCUT2D eigenvalue weighted by Gasteiger charge is -2.36. The number of carbonyl (C=O) groups excluding carboxylic acids is 1. The molecule has 1 aliphatic heterocycles. The van der Waals surface area contributed by atoms with Crippen LogP contribution in [0, 0.1) is 0 Å². The maximum atomic E-state index is 12.0. The van der Waals surface area contributed by atoms with Crippen LogP contribution in [0.25, 0.3) is 0 Å². The van der Waals surface area contributed by atoms with Gasteiger partial charge in [-0.25, -0.2) is 0 Å². The molecule has 1 saturated carbocycles. The van der Waals surface area contributed by atoms with Gasteiger partial charge in [0.15, 0.2) is 5.96 Å². The molecule has 6 nitrogen and oxygen atoms in total. The van der Waals surface area contributed by atoms with Crippen molar-refractivity contribution < 1.29 is 4.79 Å². The molecule has 3 rings (SSSR count). The van der Waals surface area contributed by atoms with E-state index in [0.717, 1.165) is 64.4 Å². The number of nitrogens with one attached hydrogen (secondary N) is 2. The SMILES string of the molecule is CN=C(NCCCc1ccc(C(C)C)cc1)N1CCN(CC(=O)NC2CC2)CC1. The molecule has 1 aromatic rings. The van der Waals surface area contributed by atoms with Gasteiger partial charge in [-0.2, -0.15) is 0 Å². The highest BCUT2D eigenvalue weighted by atomic mass is 16.2. The molecule has 0 spiro atoms. The molecule has 29 heavy (non-hydrogen) atoms. The number of piperazine rings is 1. The Labute approximate surface area is 175 Å². The number of hydrogen-bond acceptors (Lipinski definition) is 3. The summed E-state index contributed by atoms with van der Waals surface area (Å²) in [6.07, 6.45) is 4.45. The minimum atomic E-state index is 0.171. The van der Waals surface area contributed by atoms with Crippen LogP contribution < -0.4 is 10.6 Å². The average molecular weight is 400 g/mol.